The third kappa shape index (κ3) is 4.08. The Morgan fingerprint density at radius 1 is 0.731 bits per heavy atom. The lowest BCUT2D eigenvalue weighted by Crippen LogP contribution is -2.04. The number of hydrogen-bond donors (Lipinski definition) is 2. The first-order chi connectivity index (χ1) is 12.5. The van der Waals surface area contributed by atoms with Crippen LogP contribution in [0.3, 0.4) is 0 Å². The number of ether oxygens (including phenoxy) is 1. The van der Waals surface area contributed by atoms with Gasteiger partial charge >= 0.3 is 11.9 Å². The molecule has 0 atom stereocenters. The van der Waals surface area contributed by atoms with Gasteiger partial charge in [0.05, 0.1) is 11.1 Å². The van der Waals surface area contributed by atoms with E-state index >= 15 is 0 Å². The molecule has 0 spiro atoms. The van der Waals surface area contributed by atoms with Crippen LogP contribution in [0.1, 0.15) is 26.3 Å². The quantitative estimate of drug-likeness (QED) is 0.693. The lowest BCUT2D eigenvalue weighted by atomic mass is 10.0. The summed E-state index contributed by atoms with van der Waals surface area (Å²) < 4.78 is 5.59. The zero-order chi connectivity index (χ0) is 18.5. The zero-order valence-corrected chi connectivity index (χ0v) is 13.8. The third-order valence-corrected chi connectivity index (χ3v) is 3.87. The Kier molecular flexibility index (Phi) is 4.99. The molecule has 0 fully saturated rings. The summed E-state index contributed by atoms with van der Waals surface area (Å²) in [7, 11) is 0. The van der Waals surface area contributed by atoms with E-state index in [1.54, 1.807) is 0 Å². The molecule has 0 radical (unpaired) electrons. The summed E-state index contributed by atoms with van der Waals surface area (Å²) in [5.74, 6) is -2.20. The van der Waals surface area contributed by atoms with Crippen molar-refractivity contribution in [3.63, 3.8) is 0 Å². The van der Waals surface area contributed by atoms with E-state index in [4.69, 9.17) is 14.9 Å². The fourth-order valence-corrected chi connectivity index (χ4v) is 2.52. The molecule has 0 saturated heterocycles. The van der Waals surface area contributed by atoms with Crippen LogP contribution in [0.25, 0.3) is 11.1 Å². The first kappa shape index (κ1) is 17.2. The number of hydrogen-bond acceptors (Lipinski definition) is 3. The molecular weight excluding hydrogens is 332 g/mol. The monoisotopic (exact) mass is 348 g/mol. The SMILES string of the molecule is O=C(O)c1cc(OCc2ccc(-c3ccccc3)cc2)cc(C(=O)O)c1. The summed E-state index contributed by atoms with van der Waals surface area (Å²) >= 11 is 0. The van der Waals surface area contributed by atoms with Gasteiger partial charge in [-0.25, -0.2) is 9.59 Å². The molecule has 5 heteroatoms. The van der Waals surface area contributed by atoms with E-state index in [0.717, 1.165) is 22.8 Å². The third-order valence-electron chi connectivity index (χ3n) is 3.87. The smallest absolute Gasteiger partial charge is 0.335 e. The van der Waals surface area contributed by atoms with E-state index in [9.17, 15) is 9.59 Å². The highest BCUT2D eigenvalue weighted by molar-refractivity contribution is 5.94. The van der Waals surface area contributed by atoms with E-state index in [-0.39, 0.29) is 23.5 Å². The molecule has 0 amide bonds. The fourth-order valence-electron chi connectivity index (χ4n) is 2.52. The van der Waals surface area contributed by atoms with E-state index in [1.165, 1.54) is 12.1 Å². The summed E-state index contributed by atoms with van der Waals surface area (Å²) in [5, 5.41) is 18.2. The molecule has 0 aliphatic rings. The molecule has 0 aromatic heterocycles. The van der Waals surface area contributed by atoms with Gasteiger partial charge in [0.25, 0.3) is 0 Å². The molecule has 0 saturated carbocycles. The molecule has 2 N–H and O–H groups in total. The predicted octanol–water partition coefficient (Wildman–Crippen LogP) is 4.33. The average Bonchev–Trinajstić information content (AvgIpc) is 2.67. The van der Waals surface area contributed by atoms with Crippen molar-refractivity contribution in [2.75, 3.05) is 0 Å². The zero-order valence-electron chi connectivity index (χ0n) is 13.8. The second-order valence-corrected chi connectivity index (χ2v) is 5.71. The van der Waals surface area contributed by atoms with Crippen LogP contribution in [-0.4, -0.2) is 22.2 Å². The summed E-state index contributed by atoms with van der Waals surface area (Å²) in [4.78, 5) is 22.3. The minimum atomic E-state index is -1.20. The van der Waals surface area contributed by atoms with Gasteiger partial charge < -0.3 is 14.9 Å². The van der Waals surface area contributed by atoms with Crippen LogP contribution < -0.4 is 4.74 Å². The van der Waals surface area contributed by atoms with Gasteiger partial charge in [-0.2, -0.15) is 0 Å². The Morgan fingerprint density at radius 3 is 1.81 bits per heavy atom. The molecule has 26 heavy (non-hydrogen) atoms. The minimum Gasteiger partial charge on any atom is -0.489 e. The Balaban J connectivity index is 1.74. The highest BCUT2D eigenvalue weighted by Gasteiger charge is 2.12. The summed E-state index contributed by atoms with van der Waals surface area (Å²) in [6.45, 7) is 0.206. The van der Waals surface area contributed by atoms with Gasteiger partial charge in [-0.1, -0.05) is 54.6 Å². The van der Waals surface area contributed by atoms with E-state index in [2.05, 4.69) is 0 Å². The first-order valence-corrected chi connectivity index (χ1v) is 7.92. The maximum Gasteiger partial charge on any atom is 0.335 e. The van der Waals surface area contributed by atoms with Gasteiger partial charge in [0, 0.05) is 0 Å². The van der Waals surface area contributed by atoms with Crippen LogP contribution in [0, 0.1) is 0 Å². The number of benzene rings is 3. The molecule has 3 rings (SSSR count). The summed E-state index contributed by atoms with van der Waals surface area (Å²) in [5.41, 5.74) is 2.83. The van der Waals surface area contributed by atoms with Gasteiger partial charge in [0.1, 0.15) is 12.4 Å². The Bertz CT molecular complexity index is 898. The second-order valence-electron chi connectivity index (χ2n) is 5.71. The molecule has 0 aliphatic carbocycles. The van der Waals surface area contributed by atoms with Crippen molar-refractivity contribution in [1.82, 2.24) is 0 Å². The van der Waals surface area contributed by atoms with E-state index in [1.807, 2.05) is 54.6 Å². The molecule has 130 valence electrons. The molecule has 3 aromatic rings. The lowest BCUT2D eigenvalue weighted by molar-refractivity contribution is 0.0696. The molecular formula is C21H16O5. The Hall–Kier alpha value is -3.60. The van der Waals surface area contributed by atoms with Gasteiger partial charge in [-0.05, 0) is 34.9 Å². The second kappa shape index (κ2) is 7.53. The maximum absolute atomic E-state index is 11.1. The van der Waals surface area contributed by atoms with E-state index in [0.29, 0.717) is 0 Å². The molecule has 3 aromatic carbocycles. The van der Waals surface area contributed by atoms with Crippen molar-refractivity contribution in [3.8, 4) is 16.9 Å². The normalized spacial score (nSPS) is 10.3. The summed E-state index contributed by atoms with van der Waals surface area (Å²) in [6.07, 6.45) is 0. The van der Waals surface area contributed by atoms with Gasteiger partial charge in [-0.3, -0.25) is 0 Å². The van der Waals surface area contributed by atoms with Gasteiger partial charge in [0.15, 0.2) is 0 Å². The maximum atomic E-state index is 11.1. The minimum absolute atomic E-state index is 0.126. The Labute approximate surface area is 150 Å². The van der Waals surface area contributed by atoms with Crippen LogP contribution in [0.4, 0.5) is 0 Å². The van der Waals surface area contributed by atoms with Crippen molar-refractivity contribution in [1.29, 1.82) is 0 Å². The standard InChI is InChI=1S/C21H16O5/c22-20(23)17-10-18(21(24)25)12-19(11-17)26-13-14-6-8-16(9-7-14)15-4-2-1-3-5-15/h1-12H,13H2,(H,22,23)(H,24,25). The van der Waals surface area contributed by atoms with Crippen LogP contribution in [0.15, 0.2) is 72.8 Å². The molecule has 5 nitrogen and oxygen atoms in total. The summed E-state index contributed by atoms with van der Waals surface area (Å²) in [6, 6.07) is 21.5. The van der Waals surface area contributed by atoms with Gasteiger partial charge in [0.2, 0.25) is 0 Å². The largest absolute Gasteiger partial charge is 0.489 e. The highest BCUT2D eigenvalue weighted by atomic mass is 16.5. The molecule has 0 unspecified atom stereocenters. The Morgan fingerprint density at radius 2 is 1.27 bits per heavy atom. The molecule has 0 bridgehead atoms. The first-order valence-electron chi connectivity index (χ1n) is 7.92. The van der Waals surface area contributed by atoms with Crippen molar-refractivity contribution < 1.29 is 24.5 Å². The van der Waals surface area contributed by atoms with Crippen LogP contribution in [-0.2, 0) is 6.61 Å². The number of aromatic carboxylic acids is 2. The van der Waals surface area contributed by atoms with Crippen molar-refractivity contribution >= 4 is 11.9 Å². The average molecular weight is 348 g/mol. The molecule has 0 heterocycles. The number of carbonyl (C=O) groups is 2. The lowest BCUT2D eigenvalue weighted by Gasteiger charge is -2.09. The van der Waals surface area contributed by atoms with Crippen molar-refractivity contribution in [3.05, 3.63) is 89.5 Å². The van der Waals surface area contributed by atoms with Crippen LogP contribution >= 0.6 is 0 Å². The topological polar surface area (TPSA) is 83.8 Å². The number of carboxylic acids is 2. The van der Waals surface area contributed by atoms with Crippen LogP contribution in [0.5, 0.6) is 5.75 Å². The highest BCUT2D eigenvalue weighted by Crippen LogP contribution is 2.22. The van der Waals surface area contributed by atoms with Crippen molar-refractivity contribution in [2.24, 2.45) is 0 Å². The van der Waals surface area contributed by atoms with Gasteiger partial charge in [-0.15, -0.1) is 0 Å². The number of rotatable bonds is 6. The van der Waals surface area contributed by atoms with Crippen molar-refractivity contribution in [2.45, 2.75) is 6.61 Å². The predicted molar refractivity (Wildman–Crippen MR) is 96.6 cm³/mol. The van der Waals surface area contributed by atoms with E-state index < -0.39 is 11.9 Å². The van der Waals surface area contributed by atoms with Crippen LogP contribution in [0.2, 0.25) is 0 Å². The fraction of sp³-hybridized carbons (Fsp3) is 0.0476. The molecule has 0 aliphatic heterocycles. The number of carboxylic acid groups (broad SMARTS) is 2.